The molecule has 1 amide bonds. The van der Waals surface area contributed by atoms with Crippen molar-refractivity contribution < 1.29 is 19.0 Å². The Bertz CT molecular complexity index is 710. The van der Waals surface area contributed by atoms with E-state index in [2.05, 4.69) is 10.3 Å². The third-order valence-electron chi connectivity index (χ3n) is 3.88. The van der Waals surface area contributed by atoms with Crippen LogP contribution in [0.5, 0.6) is 11.5 Å². The quantitative estimate of drug-likeness (QED) is 0.869. The minimum absolute atomic E-state index is 0.123. The van der Waals surface area contributed by atoms with E-state index in [-0.39, 0.29) is 12.0 Å². The summed E-state index contributed by atoms with van der Waals surface area (Å²) in [7, 11) is 3.19. The van der Waals surface area contributed by atoms with Gasteiger partial charge in [0.05, 0.1) is 20.3 Å². The number of thiazole rings is 1. The van der Waals surface area contributed by atoms with E-state index in [0.717, 1.165) is 30.0 Å². The Morgan fingerprint density at radius 2 is 2.21 bits per heavy atom. The van der Waals surface area contributed by atoms with Gasteiger partial charge in [0.25, 0.3) is 5.91 Å². The highest BCUT2D eigenvalue weighted by molar-refractivity contribution is 7.13. The Hall–Kier alpha value is -2.12. The van der Waals surface area contributed by atoms with E-state index < -0.39 is 0 Å². The lowest BCUT2D eigenvalue weighted by Crippen LogP contribution is -2.31. The van der Waals surface area contributed by atoms with Crippen LogP contribution in [0, 0.1) is 0 Å². The minimum Gasteiger partial charge on any atom is -0.493 e. The van der Waals surface area contributed by atoms with Crippen molar-refractivity contribution in [3.05, 3.63) is 29.3 Å². The van der Waals surface area contributed by atoms with Crippen LogP contribution in [0.25, 0.3) is 10.6 Å². The number of hydrogen-bond acceptors (Lipinski definition) is 6. The summed E-state index contributed by atoms with van der Waals surface area (Å²) in [5.41, 5.74) is 1.30. The number of ether oxygens (including phenoxy) is 3. The van der Waals surface area contributed by atoms with Crippen molar-refractivity contribution in [3.8, 4) is 22.1 Å². The number of methoxy groups -OCH3 is 2. The third-order valence-corrected chi connectivity index (χ3v) is 4.77. The fraction of sp³-hybridized carbons (Fsp3) is 0.412. The Morgan fingerprint density at radius 3 is 2.92 bits per heavy atom. The molecular weight excluding hydrogens is 328 g/mol. The van der Waals surface area contributed by atoms with Crippen molar-refractivity contribution in [2.45, 2.75) is 18.9 Å². The van der Waals surface area contributed by atoms with Gasteiger partial charge in [-0.3, -0.25) is 4.79 Å². The minimum atomic E-state index is -0.173. The van der Waals surface area contributed by atoms with Crippen LogP contribution in [0.1, 0.15) is 23.3 Å². The van der Waals surface area contributed by atoms with Crippen LogP contribution in [0.15, 0.2) is 23.6 Å². The zero-order valence-corrected chi connectivity index (χ0v) is 14.5. The fourth-order valence-corrected chi connectivity index (χ4v) is 3.38. The second kappa shape index (κ2) is 7.63. The van der Waals surface area contributed by atoms with E-state index in [9.17, 15) is 4.79 Å². The molecule has 0 radical (unpaired) electrons. The van der Waals surface area contributed by atoms with E-state index >= 15 is 0 Å². The standard InChI is InChI=1S/C17H20N2O4S/c1-21-14-6-5-11(8-15(14)22-2)17-19-13(10-24-17)16(20)18-9-12-4-3-7-23-12/h5-6,8,10,12H,3-4,7,9H2,1-2H3,(H,18,20). The first-order chi connectivity index (χ1) is 11.7. The Morgan fingerprint density at radius 1 is 1.38 bits per heavy atom. The highest BCUT2D eigenvalue weighted by atomic mass is 32.1. The van der Waals surface area contributed by atoms with E-state index in [0.29, 0.717) is 23.7 Å². The molecule has 2 aromatic rings. The van der Waals surface area contributed by atoms with E-state index in [1.165, 1.54) is 11.3 Å². The van der Waals surface area contributed by atoms with Gasteiger partial charge in [0.1, 0.15) is 10.7 Å². The molecule has 1 aromatic carbocycles. The summed E-state index contributed by atoms with van der Waals surface area (Å²) < 4.78 is 16.0. The predicted octanol–water partition coefficient (Wildman–Crippen LogP) is 2.74. The molecule has 0 spiro atoms. The molecule has 1 saturated heterocycles. The first-order valence-corrected chi connectivity index (χ1v) is 8.67. The van der Waals surface area contributed by atoms with Gasteiger partial charge >= 0.3 is 0 Å². The normalized spacial score (nSPS) is 16.8. The van der Waals surface area contributed by atoms with Crippen LogP contribution in [-0.2, 0) is 4.74 Å². The maximum absolute atomic E-state index is 12.2. The Labute approximate surface area is 144 Å². The van der Waals surface area contributed by atoms with Crippen molar-refractivity contribution in [2.24, 2.45) is 0 Å². The lowest BCUT2D eigenvalue weighted by Gasteiger charge is -2.09. The van der Waals surface area contributed by atoms with Crippen LogP contribution in [-0.4, -0.2) is 44.4 Å². The number of rotatable bonds is 6. The number of nitrogens with zero attached hydrogens (tertiary/aromatic N) is 1. The first kappa shape index (κ1) is 16.7. The molecule has 3 rings (SSSR count). The molecule has 6 nitrogen and oxygen atoms in total. The number of benzene rings is 1. The molecule has 0 aliphatic carbocycles. The smallest absolute Gasteiger partial charge is 0.270 e. The van der Waals surface area contributed by atoms with Gasteiger partial charge in [0.15, 0.2) is 11.5 Å². The molecule has 1 aliphatic heterocycles. The van der Waals surface area contributed by atoms with Gasteiger partial charge in [-0.1, -0.05) is 0 Å². The van der Waals surface area contributed by atoms with Gasteiger partial charge in [-0.15, -0.1) is 11.3 Å². The maximum Gasteiger partial charge on any atom is 0.270 e. The summed E-state index contributed by atoms with van der Waals surface area (Å²) in [6, 6.07) is 5.58. The summed E-state index contributed by atoms with van der Waals surface area (Å²) in [6.07, 6.45) is 2.17. The summed E-state index contributed by atoms with van der Waals surface area (Å²) in [5, 5.41) is 5.41. The van der Waals surface area contributed by atoms with Crippen molar-refractivity contribution in [2.75, 3.05) is 27.4 Å². The zero-order chi connectivity index (χ0) is 16.9. The molecular formula is C17H20N2O4S. The predicted molar refractivity (Wildman–Crippen MR) is 92.0 cm³/mol. The largest absolute Gasteiger partial charge is 0.493 e. The van der Waals surface area contributed by atoms with Gasteiger partial charge in [0, 0.05) is 24.1 Å². The lowest BCUT2D eigenvalue weighted by molar-refractivity contribution is 0.0854. The third kappa shape index (κ3) is 3.68. The molecule has 2 heterocycles. The average molecular weight is 348 g/mol. The number of hydrogen-bond donors (Lipinski definition) is 1. The molecule has 1 aromatic heterocycles. The maximum atomic E-state index is 12.2. The highest BCUT2D eigenvalue weighted by Crippen LogP contribution is 2.33. The van der Waals surface area contributed by atoms with Crippen LogP contribution < -0.4 is 14.8 Å². The fourth-order valence-electron chi connectivity index (χ4n) is 2.58. The van der Waals surface area contributed by atoms with Crippen LogP contribution in [0.2, 0.25) is 0 Å². The van der Waals surface area contributed by atoms with E-state index in [4.69, 9.17) is 14.2 Å². The number of carbonyl (C=O) groups excluding carboxylic acids is 1. The molecule has 1 atom stereocenters. The molecule has 1 N–H and O–H groups in total. The summed E-state index contributed by atoms with van der Waals surface area (Å²) in [4.78, 5) is 16.6. The van der Waals surface area contributed by atoms with Gasteiger partial charge < -0.3 is 19.5 Å². The van der Waals surface area contributed by atoms with Crippen molar-refractivity contribution in [1.29, 1.82) is 0 Å². The molecule has 1 fully saturated rings. The van der Waals surface area contributed by atoms with Crippen LogP contribution in [0.3, 0.4) is 0 Å². The van der Waals surface area contributed by atoms with Crippen molar-refractivity contribution >= 4 is 17.2 Å². The topological polar surface area (TPSA) is 69.7 Å². The Balaban J connectivity index is 1.69. The second-order valence-corrected chi connectivity index (χ2v) is 6.31. The number of aromatic nitrogens is 1. The first-order valence-electron chi connectivity index (χ1n) is 7.79. The van der Waals surface area contributed by atoms with Gasteiger partial charge in [-0.05, 0) is 31.0 Å². The number of carbonyl (C=O) groups is 1. The second-order valence-electron chi connectivity index (χ2n) is 5.45. The highest BCUT2D eigenvalue weighted by Gasteiger charge is 2.18. The summed E-state index contributed by atoms with van der Waals surface area (Å²) in [5.74, 6) is 1.12. The molecule has 7 heteroatoms. The SMILES string of the molecule is COc1ccc(-c2nc(C(=O)NCC3CCCO3)cs2)cc1OC. The molecule has 0 saturated carbocycles. The van der Waals surface area contributed by atoms with Crippen LogP contribution in [0.4, 0.5) is 0 Å². The lowest BCUT2D eigenvalue weighted by atomic mass is 10.2. The molecule has 1 unspecified atom stereocenters. The zero-order valence-electron chi connectivity index (χ0n) is 13.7. The summed E-state index contributed by atoms with van der Waals surface area (Å²) in [6.45, 7) is 1.31. The summed E-state index contributed by atoms with van der Waals surface area (Å²) >= 11 is 1.42. The molecule has 0 bridgehead atoms. The Kier molecular flexibility index (Phi) is 5.32. The van der Waals surface area contributed by atoms with Crippen LogP contribution >= 0.6 is 11.3 Å². The van der Waals surface area contributed by atoms with Gasteiger partial charge in [-0.2, -0.15) is 0 Å². The number of nitrogens with one attached hydrogen (secondary N) is 1. The average Bonchev–Trinajstić information content (AvgIpc) is 3.30. The van der Waals surface area contributed by atoms with Crippen molar-refractivity contribution in [3.63, 3.8) is 0 Å². The van der Waals surface area contributed by atoms with E-state index in [1.807, 2.05) is 18.2 Å². The monoisotopic (exact) mass is 348 g/mol. The number of amides is 1. The van der Waals surface area contributed by atoms with E-state index in [1.54, 1.807) is 19.6 Å². The van der Waals surface area contributed by atoms with Gasteiger partial charge in [-0.25, -0.2) is 4.98 Å². The molecule has 128 valence electrons. The van der Waals surface area contributed by atoms with Gasteiger partial charge in [0.2, 0.25) is 0 Å². The molecule has 24 heavy (non-hydrogen) atoms. The van der Waals surface area contributed by atoms with Crippen molar-refractivity contribution in [1.82, 2.24) is 10.3 Å². The molecule has 1 aliphatic rings.